The van der Waals surface area contributed by atoms with Gasteiger partial charge in [-0.1, -0.05) is 31.5 Å². The fourth-order valence-electron chi connectivity index (χ4n) is 3.91. The van der Waals surface area contributed by atoms with Crippen molar-refractivity contribution in [2.75, 3.05) is 20.8 Å². The van der Waals surface area contributed by atoms with Crippen LogP contribution in [-0.2, 0) is 13.0 Å². The van der Waals surface area contributed by atoms with Crippen LogP contribution in [0.4, 0.5) is 0 Å². The van der Waals surface area contributed by atoms with Gasteiger partial charge in [0.15, 0.2) is 17.3 Å². The van der Waals surface area contributed by atoms with Crippen molar-refractivity contribution in [3.63, 3.8) is 0 Å². The van der Waals surface area contributed by atoms with Crippen molar-refractivity contribution in [2.24, 2.45) is 0 Å². The fourth-order valence-corrected chi connectivity index (χ4v) is 3.91. The molecule has 36 heavy (non-hydrogen) atoms. The Kier molecular flexibility index (Phi) is 8.74. The number of nitrogens with zero attached hydrogens (tertiary/aromatic N) is 2. The fraction of sp³-hybridized carbons (Fsp3) is 0.321. The van der Waals surface area contributed by atoms with E-state index < -0.39 is 17.2 Å². The van der Waals surface area contributed by atoms with Crippen molar-refractivity contribution in [1.29, 1.82) is 5.26 Å². The number of ether oxygens (including phenoxy) is 3. The van der Waals surface area contributed by atoms with Crippen molar-refractivity contribution < 1.29 is 24.1 Å². The molecular formula is C28H30N2O6. The van der Waals surface area contributed by atoms with E-state index in [4.69, 9.17) is 14.2 Å². The van der Waals surface area contributed by atoms with Crippen molar-refractivity contribution in [3.05, 3.63) is 80.6 Å². The number of aromatic nitrogens is 1. The Hall–Kier alpha value is -4.25. The molecule has 8 heteroatoms. The van der Waals surface area contributed by atoms with Gasteiger partial charge in [-0.3, -0.25) is 14.2 Å². The second kappa shape index (κ2) is 11.9. The first-order valence-electron chi connectivity index (χ1n) is 11.7. The van der Waals surface area contributed by atoms with Crippen LogP contribution in [0, 0.1) is 18.3 Å². The largest absolute Gasteiger partial charge is 0.494 e. The van der Waals surface area contributed by atoms with Crippen LogP contribution in [0.2, 0.25) is 0 Å². The number of aryl methyl sites for hydroxylation is 1. The predicted molar refractivity (Wildman–Crippen MR) is 135 cm³/mol. The van der Waals surface area contributed by atoms with Gasteiger partial charge in [-0.15, -0.1) is 0 Å². The maximum absolute atomic E-state index is 13.5. The van der Waals surface area contributed by atoms with E-state index in [-0.39, 0.29) is 28.8 Å². The third-order valence-corrected chi connectivity index (χ3v) is 5.96. The maximum Gasteiger partial charge on any atom is 0.271 e. The third-order valence-electron chi connectivity index (χ3n) is 5.96. The number of rotatable bonds is 11. The number of hydrogen-bond donors (Lipinski definition) is 1. The zero-order chi connectivity index (χ0) is 26.2. The molecule has 0 saturated heterocycles. The molecule has 1 aromatic heterocycles. The Labute approximate surface area is 210 Å². The van der Waals surface area contributed by atoms with E-state index in [1.807, 2.05) is 12.1 Å². The van der Waals surface area contributed by atoms with Crippen molar-refractivity contribution >= 4 is 5.78 Å². The average Bonchev–Trinajstić information content (AvgIpc) is 2.89. The van der Waals surface area contributed by atoms with E-state index in [0.29, 0.717) is 30.3 Å². The smallest absolute Gasteiger partial charge is 0.271 e. The summed E-state index contributed by atoms with van der Waals surface area (Å²) in [6, 6.07) is 13.9. The Bertz CT molecular complexity index is 1350. The molecule has 0 aliphatic carbocycles. The molecule has 0 spiro atoms. The van der Waals surface area contributed by atoms with E-state index in [2.05, 4.69) is 6.92 Å². The molecule has 8 nitrogen and oxygen atoms in total. The molecule has 0 aliphatic rings. The van der Waals surface area contributed by atoms with Crippen LogP contribution in [0.5, 0.6) is 23.1 Å². The Morgan fingerprint density at radius 1 is 1.11 bits per heavy atom. The topological polar surface area (TPSA) is 111 Å². The summed E-state index contributed by atoms with van der Waals surface area (Å²) in [5.74, 6) is 0.664. The number of methoxy groups -OCH3 is 2. The molecule has 1 heterocycles. The second-order valence-electron chi connectivity index (χ2n) is 8.27. The normalized spacial score (nSPS) is 10.5. The first-order valence-corrected chi connectivity index (χ1v) is 11.7. The lowest BCUT2D eigenvalue weighted by Crippen LogP contribution is -2.27. The van der Waals surface area contributed by atoms with E-state index >= 15 is 0 Å². The molecule has 0 atom stereocenters. The molecule has 0 saturated carbocycles. The minimum absolute atomic E-state index is 0.0511. The Morgan fingerprint density at radius 2 is 1.86 bits per heavy atom. The van der Waals surface area contributed by atoms with E-state index in [1.165, 1.54) is 21.1 Å². The van der Waals surface area contributed by atoms with Crippen molar-refractivity contribution in [1.82, 2.24) is 4.57 Å². The van der Waals surface area contributed by atoms with Gasteiger partial charge in [0.1, 0.15) is 17.4 Å². The second-order valence-corrected chi connectivity index (χ2v) is 8.27. The standard InChI is InChI=1S/C28H30N2O6/c1-5-6-14-36-21-9-7-8-20(16-21)26(31)25-18(2)22(17-29)27(32)30(28(25)33)13-12-19-10-11-23(34-3)24(15-19)35-4/h7-11,15-16,33H,5-6,12-14H2,1-4H3. The molecule has 0 aliphatic heterocycles. The molecule has 2 aromatic carbocycles. The molecule has 0 radical (unpaired) electrons. The number of carbonyl (C=O) groups is 1. The highest BCUT2D eigenvalue weighted by molar-refractivity contribution is 6.11. The highest BCUT2D eigenvalue weighted by atomic mass is 16.5. The number of hydrogen-bond acceptors (Lipinski definition) is 7. The first-order chi connectivity index (χ1) is 17.4. The molecule has 0 unspecified atom stereocenters. The number of aromatic hydroxyl groups is 1. The number of carbonyl (C=O) groups excluding carboxylic acids is 1. The number of unbranched alkanes of at least 4 members (excludes halogenated alkanes) is 1. The van der Waals surface area contributed by atoms with Crippen molar-refractivity contribution in [3.8, 4) is 29.2 Å². The highest BCUT2D eigenvalue weighted by Crippen LogP contribution is 2.29. The van der Waals surface area contributed by atoms with E-state index in [0.717, 1.165) is 23.0 Å². The molecular weight excluding hydrogens is 460 g/mol. The predicted octanol–water partition coefficient (Wildman–Crippen LogP) is 4.40. The van der Waals surface area contributed by atoms with Gasteiger partial charge < -0.3 is 19.3 Å². The quantitative estimate of drug-likeness (QED) is 0.313. The number of pyridine rings is 1. The third kappa shape index (κ3) is 5.52. The summed E-state index contributed by atoms with van der Waals surface area (Å²) >= 11 is 0. The van der Waals surface area contributed by atoms with Gasteiger partial charge in [-0.05, 0) is 55.2 Å². The molecule has 1 N–H and O–H groups in total. The summed E-state index contributed by atoms with van der Waals surface area (Å²) in [6.45, 7) is 4.13. The number of nitriles is 1. The van der Waals surface area contributed by atoms with Crippen molar-refractivity contribution in [2.45, 2.75) is 39.7 Å². The van der Waals surface area contributed by atoms with Crippen LogP contribution in [0.15, 0.2) is 47.3 Å². The van der Waals surface area contributed by atoms with Crippen LogP contribution >= 0.6 is 0 Å². The molecule has 0 fully saturated rings. The van der Waals surface area contributed by atoms with Crippen LogP contribution in [0.1, 0.15) is 52.4 Å². The van der Waals surface area contributed by atoms with Gasteiger partial charge in [0.25, 0.3) is 5.56 Å². The minimum atomic E-state index is -0.652. The SMILES string of the molecule is CCCCOc1cccc(C(=O)c2c(C)c(C#N)c(=O)n(CCc3ccc(OC)c(OC)c3)c2O)c1. The average molecular weight is 491 g/mol. The van der Waals surface area contributed by atoms with Gasteiger partial charge in [0.2, 0.25) is 5.88 Å². The maximum atomic E-state index is 13.5. The van der Waals surface area contributed by atoms with Crippen LogP contribution < -0.4 is 19.8 Å². The molecule has 0 amide bonds. The van der Waals surface area contributed by atoms with Gasteiger partial charge in [-0.25, -0.2) is 0 Å². The lowest BCUT2D eigenvalue weighted by molar-refractivity contribution is 0.103. The lowest BCUT2D eigenvalue weighted by atomic mass is 9.97. The zero-order valence-electron chi connectivity index (χ0n) is 21.0. The summed E-state index contributed by atoms with van der Waals surface area (Å²) in [7, 11) is 3.06. The van der Waals surface area contributed by atoms with Crippen LogP contribution in [0.3, 0.4) is 0 Å². The van der Waals surface area contributed by atoms with E-state index in [1.54, 1.807) is 36.4 Å². The minimum Gasteiger partial charge on any atom is -0.494 e. The van der Waals surface area contributed by atoms with E-state index in [9.17, 15) is 20.0 Å². The van der Waals surface area contributed by atoms with Gasteiger partial charge in [-0.2, -0.15) is 5.26 Å². The Balaban J connectivity index is 1.99. The lowest BCUT2D eigenvalue weighted by Gasteiger charge is -2.16. The summed E-state index contributed by atoms with van der Waals surface area (Å²) in [5, 5.41) is 20.7. The molecule has 3 aromatic rings. The summed E-state index contributed by atoms with van der Waals surface area (Å²) < 4.78 is 17.3. The van der Waals surface area contributed by atoms with Crippen LogP contribution in [0.25, 0.3) is 0 Å². The zero-order valence-corrected chi connectivity index (χ0v) is 21.0. The Morgan fingerprint density at radius 3 is 2.53 bits per heavy atom. The van der Waals surface area contributed by atoms with Gasteiger partial charge in [0, 0.05) is 12.1 Å². The van der Waals surface area contributed by atoms with Crippen LogP contribution in [-0.4, -0.2) is 36.3 Å². The monoisotopic (exact) mass is 490 g/mol. The summed E-state index contributed by atoms with van der Waals surface area (Å²) in [5.41, 5.74) is 0.341. The first kappa shape index (κ1) is 26.4. The number of ketones is 1. The summed E-state index contributed by atoms with van der Waals surface area (Å²) in [6.07, 6.45) is 2.21. The number of benzene rings is 2. The van der Waals surface area contributed by atoms with Gasteiger partial charge >= 0.3 is 0 Å². The van der Waals surface area contributed by atoms with Gasteiger partial charge in [0.05, 0.1) is 26.4 Å². The summed E-state index contributed by atoms with van der Waals surface area (Å²) in [4.78, 5) is 26.5. The molecule has 0 bridgehead atoms. The highest BCUT2D eigenvalue weighted by Gasteiger charge is 2.25. The molecule has 3 rings (SSSR count). The molecule has 188 valence electrons.